The summed E-state index contributed by atoms with van der Waals surface area (Å²) in [6.07, 6.45) is 2.83. The first-order valence-corrected chi connectivity index (χ1v) is 8.06. The third-order valence-corrected chi connectivity index (χ3v) is 5.22. The zero-order chi connectivity index (χ0) is 14.3. The Kier molecular flexibility index (Phi) is 3.60. The van der Waals surface area contributed by atoms with E-state index in [-0.39, 0.29) is 12.0 Å². The molecule has 1 saturated carbocycles. The molecule has 1 aromatic rings. The smallest absolute Gasteiger partial charge is 0.263 e. The molecule has 2 fully saturated rings. The van der Waals surface area contributed by atoms with E-state index in [4.69, 9.17) is 5.73 Å². The molecular formula is C14H21N3O2S. The second kappa shape index (κ2) is 5.26. The molecule has 3 rings (SSSR count). The van der Waals surface area contributed by atoms with Gasteiger partial charge in [-0.1, -0.05) is 0 Å². The number of anilines is 2. The minimum Gasteiger partial charge on any atom is -0.397 e. The summed E-state index contributed by atoms with van der Waals surface area (Å²) < 4.78 is 0. The van der Waals surface area contributed by atoms with Crippen molar-refractivity contribution in [2.45, 2.75) is 38.2 Å². The van der Waals surface area contributed by atoms with Crippen molar-refractivity contribution in [2.75, 3.05) is 30.3 Å². The van der Waals surface area contributed by atoms with E-state index in [1.807, 2.05) is 6.92 Å². The normalized spacial score (nSPS) is 22.3. The zero-order valence-corrected chi connectivity index (χ0v) is 12.5. The molecule has 0 radical (unpaired) electrons. The summed E-state index contributed by atoms with van der Waals surface area (Å²) in [4.78, 5) is 14.9. The second-order valence-electron chi connectivity index (χ2n) is 5.59. The lowest BCUT2D eigenvalue weighted by atomic mass is 10.1. The number of thiophene rings is 1. The van der Waals surface area contributed by atoms with Crippen LogP contribution in [0.4, 0.5) is 10.7 Å². The Balaban J connectivity index is 1.95. The number of nitrogen functional groups attached to an aromatic ring is 1. The Hall–Kier alpha value is -1.27. The van der Waals surface area contributed by atoms with Gasteiger partial charge in [-0.3, -0.25) is 4.79 Å². The largest absolute Gasteiger partial charge is 0.397 e. The van der Waals surface area contributed by atoms with Gasteiger partial charge in [-0.25, -0.2) is 0 Å². The minimum absolute atomic E-state index is 0.0807. The minimum atomic E-state index is -0.265. The number of β-amino-alcohol motifs (C(OH)–C–C–N with tert-alkyl or cyclic N) is 1. The van der Waals surface area contributed by atoms with Gasteiger partial charge in [0, 0.05) is 25.2 Å². The van der Waals surface area contributed by atoms with E-state index < -0.39 is 0 Å². The lowest BCUT2D eigenvalue weighted by Gasteiger charge is -2.17. The molecule has 0 spiro atoms. The highest BCUT2D eigenvalue weighted by molar-refractivity contribution is 7.18. The van der Waals surface area contributed by atoms with Crippen molar-refractivity contribution in [3.63, 3.8) is 0 Å². The molecule has 1 aromatic heterocycles. The number of carbonyl (C=O) groups excluding carboxylic acids is 1. The fourth-order valence-electron chi connectivity index (χ4n) is 2.78. The molecule has 2 heterocycles. The molecule has 6 heteroatoms. The van der Waals surface area contributed by atoms with Crippen molar-refractivity contribution < 1.29 is 9.90 Å². The van der Waals surface area contributed by atoms with Crippen LogP contribution in [0.5, 0.6) is 0 Å². The molecule has 1 atom stereocenters. The van der Waals surface area contributed by atoms with E-state index in [9.17, 15) is 9.90 Å². The first-order chi connectivity index (χ1) is 9.61. The Morgan fingerprint density at radius 1 is 1.50 bits per heavy atom. The Labute approximate surface area is 122 Å². The quantitative estimate of drug-likeness (QED) is 0.787. The van der Waals surface area contributed by atoms with Crippen molar-refractivity contribution in [2.24, 2.45) is 0 Å². The number of rotatable bonds is 4. The summed E-state index contributed by atoms with van der Waals surface area (Å²) in [5.74, 6) is 0.421. The van der Waals surface area contributed by atoms with Crippen LogP contribution in [0.2, 0.25) is 0 Å². The van der Waals surface area contributed by atoms with Crippen LogP contribution in [0.1, 0.15) is 47.3 Å². The van der Waals surface area contributed by atoms with Crippen molar-refractivity contribution >= 4 is 27.9 Å². The first kappa shape index (κ1) is 13.7. The summed E-state index contributed by atoms with van der Waals surface area (Å²) in [6, 6.07) is 0. The predicted octanol–water partition coefficient (Wildman–Crippen LogP) is 1.53. The summed E-state index contributed by atoms with van der Waals surface area (Å²) in [6.45, 7) is 4.00. The highest BCUT2D eigenvalue weighted by atomic mass is 32.1. The van der Waals surface area contributed by atoms with Crippen LogP contribution < -0.4 is 16.0 Å². The number of nitrogens with one attached hydrogen (secondary N) is 1. The van der Waals surface area contributed by atoms with Gasteiger partial charge in [0.1, 0.15) is 4.88 Å². The van der Waals surface area contributed by atoms with E-state index in [0.29, 0.717) is 29.6 Å². The molecule has 1 aliphatic heterocycles. The van der Waals surface area contributed by atoms with E-state index in [2.05, 4.69) is 10.2 Å². The first-order valence-electron chi connectivity index (χ1n) is 7.25. The van der Waals surface area contributed by atoms with Crippen LogP contribution in [-0.2, 0) is 0 Å². The maximum absolute atomic E-state index is 12.1. The maximum Gasteiger partial charge on any atom is 0.263 e. The lowest BCUT2D eigenvalue weighted by Crippen LogP contribution is -2.22. The number of nitrogens with zero attached hydrogens (tertiary/aromatic N) is 1. The number of nitrogens with two attached hydrogens (primary N) is 1. The van der Waals surface area contributed by atoms with Crippen LogP contribution in [0.15, 0.2) is 0 Å². The van der Waals surface area contributed by atoms with Gasteiger partial charge in [0.05, 0.1) is 16.8 Å². The topological polar surface area (TPSA) is 78.6 Å². The van der Waals surface area contributed by atoms with Gasteiger partial charge < -0.3 is 21.1 Å². The maximum atomic E-state index is 12.1. The molecular weight excluding hydrogens is 274 g/mol. The molecule has 0 aromatic carbocycles. The molecule has 1 unspecified atom stereocenters. The van der Waals surface area contributed by atoms with Gasteiger partial charge in [0.15, 0.2) is 0 Å². The molecule has 20 heavy (non-hydrogen) atoms. The van der Waals surface area contributed by atoms with Gasteiger partial charge in [-0.05, 0) is 32.1 Å². The average molecular weight is 295 g/mol. The molecule has 4 N–H and O–H groups in total. The lowest BCUT2D eigenvalue weighted by molar-refractivity contribution is 0.0960. The second-order valence-corrected chi connectivity index (χ2v) is 6.59. The Morgan fingerprint density at radius 2 is 2.25 bits per heavy atom. The summed E-state index contributed by atoms with van der Waals surface area (Å²) in [5, 5.41) is 13.7. The Bertz CT molecular complexity index is 525. The molecule has 1 saturated heterocycles. The van der Waals surface area contributed by atoms with Crippen LogP contribution in [0.25, 0.3) is 0 Å². The van der Waals surface area contributed by atoms with Crippen LogP contribution in [0, 0.1) is 0 Å². The van der Waals surface area contributed by atoms with E-state index in [1.165, 1.54) is 11.3 Å². The molecule has 1 amide bonds. The number of hydrogen-bond donors (Lipinski definition) is 3. The average Bonchev–Trinajstić information content (AvgIpc) is 3.06. The summed E-state index contributed by atoms with van der Waals surface area (Å²) in [5.41, 5.74) is 8.04. The molecule has 2 aliphatic rings. The fraction of sp³-hybridized carbons (Fsp3) is 0.643. The monoisotopic (exact) mass is 295 g/mol. The van der Waals surface area contributed by atoms with Gasteiger partial charge in [0.2, 0.25) is 0 Å². The van der Waals surface area contributed by atoms with Crippen molar-refractivity contribution in [3.05, 3.63) is 10.4 Å². The van der Waals surface area contributed by atoms with Crippen LogP contribution >= 0.6 is 11.3 Å². The van der Waals surface area contributed by atoms with E-state index in [1.54, 1.807) is 0 Å². The molecule has 5 nitrogen and oxygen atoms in total. The summed E-state index contributed by atoms with van der Waals surface area (Å²) >= 11 is 1.48. The van der Waals surface area contributed by atoms with E-state index >= 15 is 0 Å². The number of aliphatic hydroxyl groups excluding tert-OH is 1. The van der Waals surface area contributed by atoms with Gasteiger partial charge in [-0.2, -0.15) is 0 Å². The molecule has 110 valence electrons. The molecule has 1 aliphatic carbocycles. The standard InChI is InChI=1S/C14H21N3O2S/c1-2-16-13(19)12-11(15)10(8-3-4-8)14(20-12)17-6-5-9(18)7-17/h8-9,18H,2-7,15H2,1H3,(H,16,19). The highest BCUT2D eigenvalue weighted by Crippen LogP contribution is 2.52. The third kappa shape index (κ3) is 2.38. The Morgan fingerprint density at radius 3 is 2.80 bits per heavy atom. The summed E-state index contributed by atoms with van der Waals surface area (Å²) in [7, 11) is 0. The number of amides is 1. The van der Waals surface area contributed by atoms with Crippen LogP contribution in [-0.4, -0.2) is 36.8 Å². The van der Waals surface area contributed by atoms with Crippen molar-refractivity contribution in [3.8, 4) is 0 Å². The third-order valence-electron chi connectivity index (χ3n) is 3.94. The number of carbonyl (C=O) groups is 1. The van der Waals surface area contributed by atoms with Gasteiger partial charge in [0.25, 0.3) is 5.91 Å². The SMILES string of the molecule is CCNC(=O)c1sc(N2CCC(O)C2)c(C2CC2)c1N. The van der Waals surface area contributed by atoms with E-state index in [0.717, 1.165) is 36.4 Å². The van der Waals surface area contributed by atoms with Crippen molar-refractivity contribution in [1.82, 2.24) is 5.32 Å². The van der Waals surface area contributed by atoms with Crippen LogP contribution in [0.3, 0.4) is 0 Å². The van der Waals surface area contributed by atoms with Gasteiger partial charge in [-0.15, -0.1) is 11.3 Å². The molecule has 0 bridgehead atoms. The van der Waals surface area contributed by atoms with Gasteiger partial charge >= 0.3 is 0 Å². The predicted molar refractivity (Wildman–Crippen MR) is 81.6 cm³/mol. The number of hydrogen-bond acceptors (Lipinski definition) is 5. The highest BCUT2D eigenvalue weighted by Gasteiger charge is 2.36. The van der Waals surface area contributed by atoms with Crippen molar-refractivity contribution in [1.29, 1.82) is 0 Å². The number of aliphatic hydroxyl groups is 1. The fourth-order valence-corrected chi connectivity index (χ4v) is 4.04. The zero-order valence-electron chi connectivity index (χ0n) is 11.7.